The summed E-state index contributed by atoms with van der Waals surface area (Å²) in [5, 5.41) is 4.47. The van der Waals surface area contributed by atoms with E-state index >= 15 is 0 Å². The molecule has 2 N–H and O–H groups in total. The second-order valence-electron chi connectivity index (χ2n) is 6.43. The number of benzene rings is 1. The number of aromatic amines is 1. The molecule has 1 aromatic carbocycles. The number of aromatic nitrogens is 3. The van der Waals surface area contributed by atoms with Crippen LogP contribution in [0, 0.1) is 0 Å². The molecule has 0 fully saturated rings. The first-order valence-corrected chi connectivity index (χ1v) is 8.67. The maximum Gasteiger partial charge on any atom is 0.221 e. The highest BCUT2D eigenvalue weighted by molar-refractivity contribution is 5.97. The molecule has 0 aliphatic carbocycles. The zero-order valence-corrected chi connectivity index (χ0v) is 14.4. The zero-order valence-electron chi connectivity index (χ0n) is 14.4. The van der Waals surface area contributed by atoms with E-state index in [9.17, 15) is 0 Å². The van der Waals surface area contributed by atoms with Crippen molar-refractivity contribution in [3.63, 3.8) is 0 Å². The first-order valence-electron chi connectivity index (χ1n) is 8.67. The number of nitrogens with zero attached hydrogens (tertiary/aromatic N) is 2. The van der Waals surface area contributed by atoms with Crippen molar-refractivity contribution in [2.75, 3.05) is 19.0 Å². The molecule has 4 aromatic rings. The summed E-state index contributed by atoms with van der Waals surface area (Å²) in [6, 6.07) is 12.7. The third-order valence-electron chi connectivity index (χ3n) is 4.93. The Morgan fingerprint density at radius 1 is 1.04 bits per heavy atom. The summed E-state index contributed by atoms with van der Waals surface area (Å²) in [5.74, 6) is 0.613. The molecule has 5 heteroatoms. The number of fused-ring (bicyclic) bond motifs is 2. The second-order valence-corrected chi connectivity index (χ2v) is 6.43. The van der Waals surface area contributed by atoms with E-state index in [1.165, 1.54) is 16.8 Å². The molecule has 26 heavy (non-hydrogen) atoms. The van der Waals surface area contributed by atoms with Gasteiger partial charge in [0.1, 0.15) is 5.65 Å². The lowest BCUT2D eigenvalue weighted by molar-refractivity contribution is 0.400. The van der Waals surface area contributed by atoms with Gasteiger partial charge >= 0.3 is 0 Å². The van der Waals surface area contributed by atoms with Crippen LogP contribution in [0.2, 0.25) is 0 Å². The fourth-order valence-electron chi connectivity index (χ4n) is 3.63. The van der Waals surface area contributed by atoms with Gasteiger partial charge in [-0.2, -0.15) is 0 Å². The number of hydrogen-bond acceptors (Lipinski definition) is 4. The summed E-state index contributed by atoms with van der Waals surface area (Å²) in [4.78, 5) is 12.2. The van der Waals surface area contributed by atoms with E-state index in [0.717, 1.165) is 40.7 Å². The Morgan fingerprint density at radius 2 is 2.00 bits per heavy atom. The summed E-state index contributed by atoms with van der Waals surface area (Å²) >= 11 is 0. The van der Waals surface area contributed by atoms with Gasteiger partial charge < -0.3 is 15.0 Å². The van der Waals surface area contributed by atoms with Gasteiger partial charge in [-0.15, -0.1) is 0 Å². The van der Waals surface area contributed by atoms with Gasteiger partial charge in [0.2, 0.25) is 5.88 Å². The molecule has 0 bridgehead atoms. The molecule has 0 amide bonds. The molecular formula is C21H18N4O. The number of methoxy groups -OCH3 is 1. The molecule has 4 heterocycles. The van der Waals surface area contributed by atoms with E-state index in [4.69, 9.17) is 4.74 Å². The Labute approximate surface area is 151 Å². The number of rotatable bonds is 3. The van der Waals surface area contributed by atoms with Crippen LogP contribution in [0.1, 0.15) is 5.56 Å². The minimum Gasteiger partial charge on any atom is -0.481 e. The van der Waals surface area contributed by atoms with Gasteiger partial charge in [-0.25, -0.2) is 9.97 Å². The summed E-state index contributed by atoms with van der Waals surface area (Å²) in [6.45, 7) is 1.01. The number of hydrogen-bond donors (Lipinski definition) is 2. The largest absolute Gasteiger partial charge is 0.481 e. The van der Waals surface area contributed by atoms with Crippen molar-refractivity contribution in [2.45, 2.75) is 6.42 Å². The molecule has 3 aromatic heterocycles. The third kappa shape index (κ3) is 2.32. The summed E-state index contributed by atoms with van der Waals surface area (Å²) in [6.07, 6.45) is 6.70. The molecule has 0 radical (unpaired) electrons. The predicted molar refractivity (Wildman–Crippen MR) is 104 cm³/mol. The van der Waals surface area contributed by atoms with Crippen LogP contribution >= 0.6 is 0 Å². The Hall–Kier alpha value is -3.34. The number of nitrogens with one attached hydrogen (secondary N) is 2. The van der Waals surface area contributed by atoms with Gasteiger partial charge in [0.25, 0.3) is 0 Å². The molecule has 0 saturated heterocycles. The van der Waals surface area contributed by atoms with Crippen LogP contribution in [0.25, 0.3) is 33.3 Å². The lowest BCUT2D eigenvalue weighted by Gasteiger charge is -2.07. The van der Waals surface area contributed by atoms with Gasteiger partial charge in [-0.1, -0.05) is 6.07 Å². The molecule has 1 aliphatic heterocycles. The standard InChI is InChI=1S/C21H18N4O/c1-26-21-16(3-2-7-23-21)18-12-25-20-17(18)10-15(11-24-20)13-4-5-19-14(9-13)6-8-22-19/h2-5,7,9-12,22H,6,8H2,1H3,(H,24,25). The van der Waals surface area contributed by atoms with Crippen molar-refractivity contribution in [1.82, 2.24) is 15.0 Å². The highest BCUT2D eigenvalue weighted by atomic mass is 16.5. The van der Waals surface area contributed by atoms with E-state index in [1.807, 2.05) is 24.5 Å². The van der Waals surface area contributed by atoms with Crippen LogP contribution in [-0.4, -0.2) is 28.6 Å². The highest BCUT2D eigenvalue weighted by Gasteiger charge is 2.15. The van der Waals surface area contributed by atoms with Crippen LogP contribution < -0.4 is 10.1 Å². The van der Waals surface area contributed by atoms with Crippen molar-refractivity contribution < 1.29 is 4.74 Å². The molecular weight excluding hydrogens is 324 g/mol. The average Bonchev–Trinajstić information content (AvgIpc) is 3.33. The quantitative estimate of drug-likeness (QED) is 0.584. The SMILES string of the molecule is COc1ncccc1-c1c[nH]c2ncc(-c3ccc4c(c3)CCN4)cc12. The van der Waals surface area contributed by atoms with E-state index < -0.39 is 0 Å². The molecule has 0 saturated carbocycles. The van der Waals surface area contributed by atoms with Crippen LogP contribution in [0.3, 0.4) is 0 Å². The first-order chi connectivity index (χ1) is 12.8. The Bertz CT molecular complexity index is 1120. The zero-order chi connectivity index (χ0) is 17.5. The highest BCUT2D eigenvalue weighted by Crippen LogP contribution is 2.35. The Balaban J connectivity index is 1.66. The topological polar surface area (TPSA) is 62.8 Å². The number of pyridine rings is 2. The average molecular weight is 342 g/mol. The molecule has 5 nitrogen and oxygen atoms in total. The summed E-state index contributed by atoms with van der Waals surface area (Å²) in [5.41, 5.74) is 7.76. The number of anilines is 1. The van der Waals surface area contributed by atoms with Gasteiger partial charge in [0.05, 0.1) is 7.11 Å². The summed E-state index contributed by atoms with van der Waals surface area (Å²) in [7, 11) is 1.64. The molecule has 5 rings (SSSR count). The molecule has 0 unspecified atom stereocenters. The minimum atomic E-state index is 0.613. The fourth-order valence-corrected chi connectivity index (χ4v) is 3.63. The predicted octanol–water partition coefficient (Wildman–Crippen LogP) is 4.27. The smallest absolute Gasteiger partial charge is 0.221 e. The molecule has 1 aliphatic rings. The normalized spacial score (nSPS) is 12.8. The maximum absolute atomic E-state index is 5.43. The summed E-state index contributed by atoms with van der Waals surface area (Å²) < 4.78 is 5.43. The lowest BCUT2D eigenvalue weighted by atomic mass is 10.0. The van der Waals surface area contributed by atoms with Crippen molar-refractivity contribution in [2.24, 2.45) is 0 Å². The lowest BCUT2D eigenvalue weighted by Crippen LogP contribution is -1.90. The van der Waals surface area contributed by atoms with Crippen LogP contribution in [0.4, 0.5) is 5.69 Å². The fraction of sp³-hybridized carbons (Fsp3) is 0.143. The van der Waals surface area contributed by atoms with Crippen LogP contribution in [-0.2, 0) is 6.42 Å². The molecule has 0 atom stereocenters. The maximum atomic E-state index is 5.43. The van der Waals surface area contributed by atoms with E-state index in [-0.39, 0.29) is 0 Å². The minimum absolute atomic E-state index is 0.613. The van der Waals surface area contributed by atoms with Crippen molar-refractivity contribution in [3.8, 4) is 28.1 Å². The van der Waals surface area contributed by atoms with Gasteiger partial charge in [0.15, 0.2) is 0 Å². The van der Waals surface area contributed by atoms with Gasteiger partial charge in [-0.05, 0) is 47.9 Å². The third-order valence-corrected chi connectivity index (χ3v) is 4.93. The van der Waals surface area contributed by atoms with Crippen LogP contribution in [0.5, 0.6) is 5.88 Å². The molecule has 128 valence electrons. The van der Waals surface area contributed by atoms with Gasteiger partial charge in [-0.3, -0.25) is 0 Å². The van der Waals surface area contributed by atoms with Crippen molar-refractivity contribution >= 4 is 16.7 Å². The van der Waals surface area contributed by atoms with E-state index in [1.54, 1.807) is 13.3 Å². The number of H-pyrrole nitrogens is 1. The van der Waals surface area contributed by atoms with E-state index in [2.05, 4.69) is 44.5 Å². The van der Waals surface area contributed by atoms with Crippen molar-refractivity contribution in [3.05, 3.63) is 60.6 Å². The number of ether oxygens (including phenoxy) is 1. The van der Waals surface area contributed by atoms with Gasteiger partial charge in [0, 0.05) is 52.9 Å². The van der Waals surface area contributed by atoms with Crippen LogP contribution in [0.15, 0.2) is 55.0 Å². The van der Waals surface area contributed by atoms with E-state index in [0.29, 0.717) is 5.88 Å². The Kier molecular flexibility index (Phi) is 3.38. The molecule has 0 spiro atoms. The van der Waals surface area contributed by atoms with Crippen molar-refractivity contribution in [1.29, 1.82) is 0 Å². The first kappa shape index (κ1) is 15.0. The second kappa shape index (κ2) is 5.88. The Morgan fingerprint density at radius 3 is 2.92 bits per heavy atom. The monoisotopic (exact) mass is 342 g/mol.